The van der Waals surface area contributed by atoms with E-state index in [2.05, 4.69) is 102 Å². The fraction of sp³-hybridized carbons (Fsp3) is 0.294. The molecule has 5 aliphatic heterocycles. The van der Waals surface area contributed by atoms with E-state index in [9.17, 15) is 57.4 Å². The number of nitrogens with one attached hydrogen (secondary N) is 2. The van der Waals surface area contributed by atoms with Gasteiger partial charge in [-0.25, -0.2) is 61.8 Å². The van der Waals surface area contributed by atoms with Gasteiger partial charge >= 0.3 is 6.09 Å². The Bertz CT molecular complexity index is 7740. The van der Waals surface area contributed by atoms with Crippen LogP contribution in [0, 0.1) is 56.7 Å². The van der Waals surface area contributed by atoms with E-state index in [0.717, 1.165) is 102 Å². The molecule has 14 heterocycles. The van der Waals surface area contributed by atoms with Gasteiger partial charge in [-0.2, -0.15) is 58.8 Å². The quantitative estimate of drug-likeness (QED) is 0.0220. The van der Waals surface area contributed by atoms with Crippen molar-refractivity contribution < 1.29 is 61.1 Å². The second-order valence-electron chi connectivity index (χ2n) is 38.2. The average molecular weight is 2120 g/mol. The number of pyridine rings is 3. The van der Waals surface area contributed by atoms with Crippen molar-refractivity contribution in [1.82, 2.24) is 80.9 Å². The second kappa shape index (κ2) is 47.4. The maximum atomic E-state index is 13.1. The number of carbonyl (C=O) groups is 1. The number of likely N-dealkylation sites (tertiary alicyclic amines) is 1. The van der Waals surface area contributed by atoms with Crippen LogP contribution in [0.2, 0.25) is 51.4 Å². The summed E-state index contributed by atoms with van der Waals surface area (Å²) in [7, 11) is -14.7. The summed E-state index contributed by atoms with van der Waals surface area (Å²) in [6.07, 6.45) is 26.5. The summed E-state index contributed by atoms with van der Waals surface area (Å²) in [5, 5.41) is 63.2. The fourth-order valence-electron chi connectivity index (χ4n) is 15.7. The Kier molecular flexibility index (Phi) is 35.5. The van der Waals surface area contributed by atoms with Crippen LogP contribution in [0.3, 0.4) is 0 Å². The molecule has 5 aliphatic rings. The van der Waals surface area contributed by atoms with Gasteiger partial charge in [0.2, 0.25) is 40.1 Å². The fourth-order valence-corrected chi connectivity index (χ4v) is 24.2. The molecule has 0 radical (unpaired) electrons. The number of aromatic nitrogens is 12. The number of amides is 1. The van der Waals surface area contributed by atoms with Crippen LogP contribution in [-0.4, -0.2) is 230 Å². The van der Waals surface area contributed by atoms with Gasteiger partial charge in [0.15, 0.2) is 0 Å². The molecule has 44 heteroatoms. The molecule has 0 unspecified atom stereocenters. The largest absolute Gasteiger partial charge is 0.444 e. The van der Waals surface area contributed by atoms with Crippen LogP contribution in [0.25, 0.3) is 66.5 Å². The van der Waals surface area contributed by atoms with Crippen molar-refractivity contribution in [3.05, 3.63) is 297 Å². The summed E-state index contributed by atoms with van der Waals surface area (Å²) in [4.78, 5) is 30.7. The highest BCUT2D eigenvalue weighted by Gasteiger charge is 2.52. The number of benzene rings is 5. The Morgan fingerprint density at radius 2 is 0.808 bits per heavy atom. The molecular formula is C102H111ClN22O14S5Si2. The molecule has 0 spiro atoms. The number of fused-ring (bicyclic) bond motifs is 3. The number of hydrogen-bond donors (Lipinski definition) is 2. The molecular weight excluding hydrogens is 2010 g/mol. The third-order valence-electron chi connectivity index (χ3n) is 23.8. The number of carbonyl (C=O) groups excluding carboxylic acids is 1. The molecule has 36 nitrogen and oxygen atoms in total. The molecule has 0 atom stereocenters. The van der Waals surface area contributed by atoms with Crippen LogP contribution in [0.4, 0.5) is 4.79 Å². The Labute approximate surface area is 856 Å². The van der Waals surface area contributed by atoms with Crippen LogP contribution < -0.4 is 0 Å². The molecule has 1 amide bonds. The number of aromatic amines is 2. The zero-order valence-electron chi connectivity index (χ0n) is 81.9. The summed E-state index contributed by atoms with van der Waals surface area (Å²) in [6, 6.07) is 65.6. The van der Waals surface area contributed by atoms with Crippen molar-refractivity contribution in [1.29, 1.82) is 26.3 Å². The molecule has 146 heavy (non-hydrogen) atoms. The van der Waals surface area contributed by atoms with Crippen molar-refractivity contribution in [3.63, 3.8) is 0 Å². The van der Waals surface area contributed by atoms with E-state index in [1.165, 1.54) is 53.6 Å². The van der Waals surface area contributed by atoms with Crippen molar-refractivity contribution in [2.45, 2.75) is 140 Å². The lowest BCUT2D eigenvalue weighted by atomic mass is 9.89. The molecule has 5 saturated heterocycles. The predicted molar refractivity (Wildman–Crippen MR) is 559 cm³/mol. The summed E-state index contributed by atoms with van der Waals surface area (Å²) < 4.78 is 151. The molecule has 5 aromatic carbocycles. The topological polar surface area (TPSA) is 479 Å². The standard InChI is InChI=1S/C27H32N6O3SSi.C21H18N6O2S.C16H22N4OSi.2C11H10N2O2S.C10H14N2O2.C6H5ClO2S/c1-38(2,3)16-15-36-21-31-14-10-25-24(9-13-29-26(25)31)22-17-30-33(18-22)27(11-12-28)19-32(20-27)37(34,35)23-7-5-4-6-8-23;22-9-8-21(14-26(15-21)30(28,29)17-4-2-1-3-5-17)27-13-16(12-25-27)18-6-10-23-20-19(18)7-11-24-20;1-22(2,3)9-8-21-12-20-7-5-15-14(4-6-17-16(15)20)13-10-18-19-11-13;2*12-7-6-10-8-13(9-10)16(14,15)11-4-2-1-3-5-11;1-10(2,3)14-9(13)12-6-8(7-12)4-5-11;7-10(8,9)6-4-2-1-3-5-6/h4-10,13-14,17-18H,11,15-16,19-21H2,1-3H3;1-7,10-13H,8,14-15H2,(H,23,24);4-7,10-11H,8-9,12H2,1-3H3,(H,18,19);2*1-6H,8-9H2;4H,6-7H2,1-3H3;1-5H. The van der Waals surface area contributed by atoms with Crippen LogP contribution in [0.1, 0.15) is 33.6 Å². The highest BCUT2D eigenvalue weighted by Crippen LogP contribution is 2.41. The average Bonchev–Trinajstić information content (AvgIpc) is 1.06. The first-order chi connectivity index (χ1) is 69.5. The number of nitriles is 5. The lowest BCUT2D eigenvalue weighted by Crippen LogP contribution is -2.64. The van der Waals surface area contributed by atoms with E-state index >= 15 is 0 Å². The van der Waals surface area contributed by atoms with E-state index < -0.39 is 82.0 Å². The molecule has 0 saturated carbocycles. The highest BCUT2D eigenvalue weighted by atomic mass is 35.7. The SMILES string of the molecule is CC(C)(C)OC(=O)N1CC(=CC#N)C1.C[Si](C)(C)CCOCn1ccc2c(-c3cn[nH]c3)ccnc21.C[Si](C)(C)CCOCn1ccc2c(-c3cnn(C4(CC#N)CN(S(=O)(=O)c5ccccc5)C4)c3)ccnc21.N#CC=C1CN(S(=O)(=O)c2ccccc2)C1.N#CC=C1CN(S(=O)(=O)c2ccccc2)C1.N#CCC1(n2cc(-c3ccnc4[nH]ccc34)cn2)CN(S(=O)(=O)c2ccccc2)C1.O=S(=O)(Cl)c1ccccc1. The second-order valence-corrected chi connectivity index (χ2v) is 59.8. The van der Waals surface area contributed by atoms with E-state index in [1.54, 1.807) is 179 Å². The highest BCUT2D eigenvalue weighted by molar-refractivity contribution is 8.13. The van der Waals surface area contributed by atoms with Gasteiger partial charge in [-0.3, -0.25) is 14.5 Å². The van der Waals surface area contributed by atoms with Gasteiger partial charge in [0.1, 0.15) is 47.1 Å². The van der Waals surface area contributed by atoms with E-state index in [-0.39, 0.29) is 59.8 Å². The first-order valence-corrected chi connectivity index (χ1v) is 61.7. The number of nitrogens with zero attached hydrogens (tertiary/aromatic N) is 20. The number of allylic oxidation sites excluding steroid dienone is 3. The third-order valence-corrected chi connectivity index (χ3v) is 35.8. The zero-order chi connectivity index (χ0) is 105. The Hall–Kier alpha value is -14.0. The lowest BCUT2D eigenvalue weighted by Gasteiger charge is -2.47. The van der Waals surface area contributed by atoms with E-state index in [4.69, 9.17) is 40.7 Å². The van der Waals surface area contributed by atoms with Crippen LogP contribution in [-0.2, 0) is 87.9 Å². The number of sulfonamides is 4. The number of halogens is 1. The normalized spacial score (nSPS) is 15.1. The Balaban J connectivity index is 0.000000149. The van der Waals surface area contributed by atoms with Gasteiger partial charge in [-0.05, 0) is 163 Å². The molecule has 0 aliphatic carbocycles. The van der Waals surface area contributed by atoms with Crippen molar-refractivity contribution in [3.8, 4) is 63.7 Å². The van der Waals surface area contributed by atoms with Crippen molar-refractivity contribution >= 4 is 115 Å². The summed E-state index contributed by atoms with van der Waals surface area (Å²) in [6.45, 7) is 25.2. The van der Waals surface area contributed by atoms with Gasteiger partial charge in [0.25, 0.3) is 9.05 Å². The Morgan fingerprint density at radius 3 is 1.15 bits per heavy atom. The van der Waals surface area contributed by atoms with Gasteiger partial charge in [-0.15, -0.1) is 0 Å². The van der Waals surface area contributed by atoms with Crippen molar-refractivity contribution in [2.75, 3.05) is 78.7 Å². The van der Waals surface area contributed by atoms with Crippen LogP contribution in [0.15, 0.2) is 322 Å². The van der Waals surface area contributed by atoms with Gasteiger partial charge in [0, 0.05) is 212 Å². The first-order valence-electron chi connectivity index (χ1n) is 46.2. The number of rotatable bonds is 26. The van der Waals surface area contributed by atoms with Crippen LogP contribution in [0.5, 0.6) is 0 Å². The Morgan fingerprint density at radius 1 is 0.452 bits per heavy atom. The maximum absolute atomic E-state index is 13.1. The van der Waals surface area contributed by atoms with Gasteiger partial charge in [-0.1, -0.05) is 130 Å². The zero-order valence-corrected chi connectivity index (χ0v) is 88.7. The number of hydrogen-bond acceptors (Lipinski definition) is 25. The monoisotopic (exact) mass is 2120 g/mol. The van der Waals surface area contributed by atoms with Crippen LogP contribution >= 0.6 is 10.7 Å². The summed E-state index contributed by atoms with van der Waals surface area (Å²) >= 11 is 0. The summed E-state index contributed by atoms with van der Waals surface area (Å²) in [5.41, 5.74) is 9.34. The molecule has 758 valence electrons. The lowest BCUT2D eigenvalue weighted by molar-refractivity contribution is 0.0214. The predicted octanol–water partition coefficient (Wildman–Crippen LogP) is 16.6. The van der Waals surface area contributed by atoms with E-state index in [0.29, 0.717) is 62.5 Å². The molecule has 19 rings (SSSR count). The van der Waals surface area contributed by atoms with Gasteiger partial charge < -0.3 is 33.2 Å². The smallest absolute Gasteiger partial charge is 0.410 e. The maximum Gasteiger partial charge on any atom is 0.410 e. The molecule has 9 aromatic heterocycles. The minimum absolute atomic E-state index is 0.136. The minimum Gasteiger partial charge on any atom is -0.444 e. The minimum atomic E-state index is -3.63. The van der Waals surface area contributed by atoms with Crippen molar-refractivity contribution in [2.24, 2.45) is 0 Å². The molecule has 2 N–H and O–H groups in total. The number of H-pyrrole nitrogens is 2. The van der Waals surface area contributed by atoms with E-state index in [1.807, 2.05) is 123 Å². The molecule has 14 aromatic rings. The van der Waals surface area contributed by atoms with Gasteiger partial charge in [0.05, 0.1) is 86.3 Å². The summed E-state index contributed by atoms with van der Waals surface area (Å²) in [5.74, 6) is 0. The molecule has 5 fully saturated rings. The number of ether oxygens (including phenoxy) is 3. The molecule has 0 bridgehead atoms. The first kappa shape index (κ1) is 109. The third kappa shape index (κ3) is 27.4.